The molecule has 1 atom stereocenters. The summed E-state index contributed by atoms with van der Waals surface area (Å²) < 4.78 is 13.5. The van der Waals surface area contributed by atoms with Crippen molar-refractivity contribution in [3.05, 3.63) is 64.4 Å². The number of nitrogens with zero attached hydrogens (tertiary/aromatic N) is 1. The number of aryl methyl sites for hydroxylation is 1. The van der Waals surface area contributed by atoms with Crippen molar-refractivity contribution in [2.24, 2.45) is 0 Å². The molecule has 1 aliphatic heterocycles. The summed E-state index contributed by atoms with van der Waals surface area (Å²) >= 11 is 5.95. The van der Waals surface area contributed by atoms with Crippen molar-refractivity contribution in [2.75, 3.05) is 31.5 Å². The number of piperazine rings is 1. The second-order valence-electron chi connectivity index (χ2n) is 6.25. The van der Waals surface area contributed by atoms with Crippen LogP contribution in [0, 0.1) is 12.7 Å². The molecule has 140 valence electrons. The molecule has 1 amide bonds. The zero-order chi connectivity index (χ0) is 17.8. The molecule has 1 heterocycles. The standard InChI is InChI=1S/C19H21ClFN3O.ClH/c1-13-9-15(20)5-6-17(13)23-19(25)12-24-8-7-22-11-18(24)14-3-2-4-16(21)10-14;/h2-6,9-10,18,22H,7-8,11-12H2,1H3,(H,23,25);1H. The van der Waals surface area contributed by atoms with Gasteiger partial charge in [-0.3, -0.25) is 9.69 Å². The maximum atomic E-state index is 13.5. The number of carbonyl (C=O) groups is 1. The van der Waals surface area contributed by atoms with Gasteiger partial charge in [-0.15, -0.1) is 12.4 Å². The van der Waals surface area contributed by atoms with Crippen LogP contribution in [0.5, 0.6) is 0 Å². The predicted octanol–water partition coefficient (Wildman–Crippen LogP) is 3.79. The van der Waals surface area contributed by atoms with E-state index >= 15 is 0 Å². The Bertz CT molecular complexity index is 772. The summed E-state index contributed by atoms with van der Waals surface area (Å²) in [4.78, 5) is 14.6. The van der Waals surface area contributed by atoms with Gasteiger partial charge < -0.3 is 10.6 Å². The third-order valence-electron chi connectivity index (χ3n) is 4.40. The van der Waals surface area contributed by atoms with Crippen LogP contribution in [0.2, 0.25) is 5.02 Å². The summed E-state index contributed by atoms with van der Waals surface area (Å²) in [6, 6.07) is 11.9. The Balaban J connectivity index is 0.00000243. The van der Waals surface area contributed by atoms with E-state index in [0.717, 1.165) is 29.9 Å². The van der Waals surface area contributed by atoms with Crippen LogP contribution in [0.4, 0.5) is 10.1 Å². The fourth-order valence-corrected chi connectivity index (χ4v) is 3.35. The zero-order valence-corrected chi connectivity index (χ0v) is 16.0. The Morgan fingerprint density at radius 1 is 1.35 bits per heavy atom. The minimum absolute atomic E-state index is 0. The Kier molecular flexibility index (Phi) is 7.41. The van der Waals surface area contributed by atoms with E-state index in [2.05, 4.69) is 15.5 Å². The highest BCUT2D eigenvalue weighted by Gasteiger charge is 2.25. The van der Waals surface area contributed by atoms with Gasteiger partial charge in [0.25, 0.3) is 0 Å². The minimum Gasteiger partial charge on any atom is -0.325 e. The van der Waals surface area contributed by atoms with Crippen LogP contribution in [-0.4, -0.2) is 37.0 Å². The van der Waals surface area contributed by atoms with Crippen molar-refractivity contribution >= 4 is 35.6 Å². The summed E-state index contributed by atoms with van der Waals surface area (Å²) in [5.74, 6) is -0.349. The molecular formula is C19H22Cl2FN3O. The van der Waals surface area contributed by atoms with E-state index in [-0.39, 0.29) is 36.7 Å². The summed E-state index contributed by atoms with van der Waals surface area (Å²) in [6.07, 6.45) is 0. The first-order valence-corrected chi connectivity index (χ1v) is 8.67. The smallest absolute Gasteiger partial charge is 0.238 e. The highest BCUT2D eigenvalue weighted by Crippen LogP contribution is 2.23. The van der Waals surface area contributed by atoms with Gasteiger partial charge in [-0.25, -0.2) is 4.39 Å². The van der Waals surface area contributed by atoms with Crippen LogP contribution in [0.25, 0.3) is 0 Å². The minimum atomic E-state index is -0.260. The molecule has 1 fully saturated rings. The lowest BCUT2D eigenvalue weighted by Crippen LogP contribution is -2.48. The van der Waals surface area contributed by atoms with Gasteiger partial charge in [0.05, 0.1) is 6.54 Å². The largest absolute Gasteiger partial charge is 0.325 e. The van der Waals surface area contributed by atoms with Gasteiger partial charge >= 0.3 is 0 Å². The van der Waals surface area contributed by atoms with Crippen molar-refractivity contribution in [3.63, 3.8) is 0 Å². The lowest BCUT2D eigenvalue weighted by Gasteiger charge is -2.36. The number of benzene rings is 2. The number of hydrogen-bond donors (Lipinski definition) is 2. The van der Waals surface area contributed by atoms with Crippen LogP contribution < -0.4 is 10.6 Å². The summed E-state index contributed by atoms with van der Waals surface area (Å²) in [6.45, 7) is 4.39. The first-order valence-electron chi connectivity index (χ1n) is 8.29. The van der Waals surface area contributed by atoms with Crippen molar-refractivity contribution in [1.82, 2.24) is 10.2 Å². The number of anilines is 1. The highest BCUT2D eigenvalue weighted by atomic mass is 35.5. The molecular weight excluding hydrogens is 376 g/mol. The molecule has 0 aliphatic carbocycles. The van der Waals surface area contributed by atoms with Gasteiger partial charge in [0, 0.05) is 36.4 Å². The summed E-state index contributed by atoms with van der Waals surface area (Å²) in [5, 5.41) is 6.89. The van der Waals surface area contributed by atoms with Gasteiger partial charge in [0.15, 0.2) is 0 Å². The molecule has 1 aliphatic rings. The van der Waals surface area contributed by atoms with Crippen molar-refractivity contribution in [1.29, 1.82) is 0 Å². The molecule has 3 rings (SSSR count). The monoisotopic (exact) mass is 397 g/mol. The van der Waals surface area contributed by atoms with Crippen molar-refractivity contribution < 1.29 is 9.18 Å². The fraction of sp³-hybridized carbons (Fsp3) is 0.316. The van der Waals surface area contributed by atoms with E-state index in [0.29, 0.717) is 11.6 Å². The average Bonchev–Trinajstić information content (AvgIpc) is 2.58. The molecule has 0 aromatic heterocycles. The Morgan fingerprint density at radius 3 is 2.88 bits per heavy atom. The third kappa shape index (κ3) is 5.17. The van der Waals surface area contributed by atoms with E-state index in [1.807, 2.05) is 19.1 Å². The van der Waals surface area contributed by atoms with Crippen LogP contribution in [0.1, 0.15) is 17.2 Å². The van der Waals surface area contributed by atoms with Crippen molar-refractivity contribution in [2.45, 2.75) is 13.0 Å². The van der Waals surface area contributed by atoms with Gasteiger partial charge in [0.2, 0.25) is 5.91 Å². The van der Waals surface area contributed by atoms with E-state index < -0.39 is 0 Å². The highest BCUT2D eigenvalue weighted by molar-refractivity contribution is 6.30. The number of rotatable bonds is 4. The number of nitrogens with one attached hydrogen (secondary N) is 2. The van der Waals surface area contributed by atoms with E-state index in [9.17, 15) is 9.18 Å². The molecule has 1 saturated heterocycles. The van der Waals surface area contributed by atoms with Crippen LogP contribution in [-0.2, 0) is 4.79 Å². The van der Waals surface area contributed by atoms with E-state index in [4.69, 9.17) is 11.6 Å². The van der Waals surface area contributed by atoms with E-state index in [1.54, 1.807) is 18.2 Å². The van der Waals surface area contributed by atoms with Crippen molar-refractivity contribution in [3.8, 4) is 0 Å². The Hall–Kier alpha value is -1.66. The molecule has 0 spiro atoms. The number of carbonyl (C=O) groups excluding carboxylic acids is 1. The lowest BCUT2D eigenvalue weighted by molar-refractivity contribution is -0.118. The summed E-state index contributed by atoms with van der Waals surface area (Å²) in [5.41, 5.74) is 2.55. The van der Waals surface area contributed by atoms with Crippen LogP contribution in [0.3, 0.4) is 0 Å². The van der Waals surface area contributed by atoms with Gasteiger partial charge in [-0.1, -0.05) is 23.7 Å². The first-order chi connectivity index (χ1) is 12.0. The number of hydrogen-bond acceptors (Lipinski definition) is 3. The Labute approximate surface area is 164 Å². The maximum absolute atomic E-state index is 13.5. The molecule has 2 aromatic rings. The fourth-order valence-electron chi connectivity index (χ4n) is 3.12. The molecule has 1 unspecified atom stereocenters. The zero-order valence-electron chi connectivity index (χ0n) is 14.5. The number of halogens is 3. The molecule has 4 nitrogen and oxygen atoms in total. The quantitative estimate of drug-likeness (QED) is 0.824. The Morgan fingerprint density at radius 2 is 2.15 bits per heavy atom. The second kappa shape index (κ2) is 9.33. The summed E-state index contributed by atoms with van der Waals surface area (Å²) in [7, 11) is 0. The molecule has 2 N–H and O–H groups in total. The normalized spacial score (nSPS) is 17.4. The molecule has 7 heteroatoms. The van der Waals surface area contributed by atoms with Crippen LogP contribution >= 0.6 is 24.0 Å². The topological polar surface area (TPSA) is 44.4 Å². The third-order valence-corrected chi connectivity index (χ3v) is 4.63. The molecule has 0 radical (unpaired) electrons. The first kappa shape index (κ1) is 20.6. The average molecular weight is 398 g/mol. The second-order valence-corrected chi connectivity index (χ2v) is 6.69. The molecule has 0 saturated carbocycles. The SMILES string of the molecule is Cc1cc(Cl)ccc1NC(=O)CN1CCNCC1c1cccc(F)c1.Cl. The van der Waals surface area contributed by atoms with Gasteiger partial charge in [-0.2, -0.15) is 0 Å². The lowest BCUT2D eigenvalue weighted by atomic mass is 10.0. The molecule has 26 heavy (non-hydrogen) atoms. The molecule has 0 bridgehead atoms. The van der Waals surface area contributed by atoms with Gasteiger partial charge in [0.1, 0.15) is 5.82 Å². The predicted molar refractivity (Wildman–Crippen MR) is 106 cm³/mol. The van der Waals surface area contributed by atoms with Crippen LogP contribution in [0.15, 0.2) is 42.5 Å². The number of amides is 1. The van der Waals surface area contributed by atoms with E-state index in [1.165, 1.54) is 12.1 Å². The van der Waals surface area contributed by atoms with Gasteiger partial charge in [-0.05, 0) is 48.4 Å². The molecule has 2 aromatic carbocycles. The maximum Gasteiger partial charge on any atom is 0.238 e.